The standard InChI is InChI=1S/C25H26ClN5O4/c1-34-21-5-3-2-4-18(21)14-23(32)29-10-12-30(13-11-29)25(33)24-20-16-35-22(15-31(20)28-27-24)17-6-8-19(26)9-7-17/h2-9,22H,10-16H2,1H3. The van der Waals surface area contributed by atoms with Gasteiger partial charge < -0.3 is 19.3 Å². The number of rotatable bonds is 5. The number of methoxy groups -OCH3 is 1. The largest absolute Gasteiger partial charge is 0.496 e. The summed E-state index contributed by atoms with van der Waals surface area (Å²) in [6.07, 6.45) is 0.0879. The fourth-order valence-corrected chi connectivity index (χ4v) is 4.62. The molecular formula is C25H26ClN5O4. The zero-order valence-electron chi connectivity index (χ0n) is 19.4. The molecule has 0 bridgehead atoms. The molecule has 10 heteroatoms. The topological polar surface area (TPSA) is 89.8 Å². The van der Waals surface area contributed by atoms with Crippen LogP contribution < -0.4 is 4.74 Å². The van der Waals surface area contributed by atoms with Crippen LogP contribution in [0.2, 0.25) is 5.02 Å². The van der Waals surface area contributed by atoms with Gasteiger partial charge in [0.25, 0.3) is 5.91 Å². The lowest BCUT2D eigenvalue weighted by Crippen LogP contribution is -2.51. The van der Waals surface area contributed by atoms with Crippen LogP contribution in [-0.2, 0) is 29.1 Å². The van der Waals surface area contributed by atoms with Crippen LogP contribution in [0, 0.1) is 0 Å². The number of carbonyl (C=O) groups excluding carboxylic acids is 2. The van der Waals surface area contributed by atoms with Crippen molar-refractivity contribution in [2.24, 2.45) is 0 Å². The number of hydrogen-bond acceptors (Lipinski definition) is 6. The Balaban J connectivity index is 1.19. The van der Waals surface area contributed by atoms with E-state index in [0.717, 1.165) is 11.1 Å². The van der Waals surface area contributed by atoms with Gasteiger partial charge in [0.1, 0.15) is 11.9 Å². The molecule has 0 aliphatic carbocycles. The number of para-hydroxylation sites is 1. The molecule has 2 aromatic carbocycles. The van der Waals surface area contributed by atoms with Gasteiger partial charge in [-0.2, -0.15) is 0 Å². The Morgan fingerprint density at radius 2 is 1.77 bits per heavy atom. The lowest BCUT2D eigenvalue weighted by Gasteiger charge is -2.34. The molecule has 3 aromatic rings. The lowest BCUT2D eigenvalue weighted by molar-refractivity contribution is -0.131. The summed E-state index contributed by atoms with van der Waals surface area (Å²) in [7, 11) is 1.60. The van der Waals surface area contributed by atoms with Crippen molar-refractivity contribution in [3.8, 4) is 5.75 Å². The lowest BCUT2D eigenvalue weighted by atomic mass is 10.1. The van der Waals surface area contributed by atoms with Gasteiger partial charge >= 0.3 is 0 Å². The summed E-state index contributed by atoms with van der Waals surface area (Å²) >= 11 is 5.98. The maximum atomic E-state index is 13.2. The number of amides is 2. The molecule has 1 aromatic heterocycles. The third-order valence-electron chi connectivity index (χ3n) is 6.50. The first kappa shape index (κ1) is 23.3. The van der Waals surface area contributed by atoms with Gasteiger partial charge in [-0.05, 0) is 23.8 Å². The normalized spacial score (nSPS) is 17.7. The first-order valence-corrected chi connectivity index (χ1v) is 11.9. The number of piperazine rings is 1. The average molecular weight is 496 g/mol. The third-order valence-corrected chi connectivity index (χ3v) is 6.75. The van der Waals surface area contributed by atoms with Gasteiger partial charge in [-0.25, -0.2) is 4.68 Å². The third kappa shape index (κ3) is 4.87. The molecule has 0 saturated carbocycles. The van der Waals surface area contributed by atoms with Crippen LogP contribution in [0.3, 0.4) is 0 Å². The summed E-state index contributed by atoms with van der Waals surface area (Å²) in [4.78, 5) is 29.5. The second kappa shape index (κ2) is 10.1. The number of fused-ring (bicyclic) bond motifs is 1. The Morgan fingerprint density at radius 3 is 2.51 bits per heavy atom. The van der Waals surface area contributed by atoms with Crippen LogP contribution >= 0.6 is 11.6 Å². The van der Waals surface area contributed by atoms with Crippen molar-refractivity contribution in [2.75, 3.05) is 33.3 Å². The quantitative estimate of drug-likeness (QED) is 0.540. The Kier molecular flexibility index (Phi) is 6.70. The Bertz CT molecular complexity index is 1220. The van der Waals surface area contributed by atoms with E-state index in [-0.39, 0.29) is 30.9 Å². The fourth-order valence-electron chi connectivity index (χ4n) is 4.49. The highest BCUT2D eigenvalue weighted by Gasteiger charge is 2.32. The molecule has 2 aliphatic heterocycles. The Morgan fingerprint density at radius 1 is 1.06 bits per heavy atom. The van der Waals surface area contributed by atoms with E-state index in [1.165, 1.54) is 0 Å². The molecule has 35 heavy (non-hydrogen) atoms. The predicted molar refractivity (Wildman–Crippen MR) is 128 cm³/mol. The number of halogens is 1. The number of nitrogens with zero attached hydrogens (tertiary/aromatic N) is 5. The Labute approximate surface area is 208 Å². The van der Waals surface area contributed by atoms with Crippen molar-refractivity contribution in [3.05, 3.63) is 76.1 Å². The molecule has 3 heterocycles. The molecule has 5 rings (SSSR count). The number of ether oxygens (including phenoxy) is 2. The molecule has 1 fully saturated rings. The van der Waals surface area contributed by atoms with Gasteiger partial charge in [0, 0.05) is 36.8 Å². The highest BCUT2D eigenvalue weighted by atomic mass is 35.5. The number of hydrogen-bond donors (Lipinski definition) is 0. The van der Waals surface area contributed by atoms with E-state index in [4.69, 9.17) is 21.1 Å². The van der Waals surface area contributed by atoms with Crippen LogP contribution in [0.15, 0.2) is 48.5 Å². The van der Waals surface area contributed by atoms with Crippen LogP contribution in [-0.4, -0.2) is 69.9 Å². The van der Waals surface area contributed by atoms with E-state index in [0.29, 0.717) is 54.9 Å². The van der Waals surface area contributed by atoms with Gasteiger partial charge in [-0.15, -0.1) is 5.10 Å². The summed E-state index contributed by atoms with van der Waals surface area (Å²) in [5, 5.41) is 9.05. The van der Waals surface area contributed by atoms with E-state index in [1.54, 1.807) is 21.6 Å². The summed E-state index contributed by atoms with van der Waals surface area (Å²) in [6.45, 7) is 2.55. The molecule has 0 spiro atoms. The molecule has 2 aliphatic rings. The van der Waals surface area contributed by atoms with Crippen molar-refractivity contribution in [1.29, 1.82) is 0 Å². The molecule has 182 valence electrons. The number of benzene rings is 2. The first-order chi connectivity index (χ1) is 17.0. The summed E-state index contributed by atoms with van der Waals surface area (Å²) in [5.74, 6) is 0.535. The first-order valence-electron chi connectivity index (χ1n) is 11.5. The summed E-state index contributed by atoms with van der Waals surface area (Å²) < 4.78 is 13.1. The Hall–Kier alpha value is -3.43. The van der Waals surface area contributed by atoms with Crippen molar-refractivity contribution in [1.82, 2.24) is 24.8 Å². The monoisotopic (exact) mass is 495 g/mol. The van der Waals surface area contributed by atoms with Crippen LogP contribution in [0.5, 0.6) is 5.75 Å². The molecule has 0 radical (unpaired) electrons. The zero-order valence-corrected chi connectivity index (χ0v) is 20.1. The molecule has 1 saturated heterocycles. The molecule has 1 unspecified atom stereocenters. The highest BCUT2D eigenvalue weighted by molar-refractivity contribution is 6.30. The van der Waals surface area contributed by atoms with Crippen molar-refractivity contribution in [2.45, 2.75) is 25.7 Å². The van der Waals surface area contributed by atoms with Crippen LogP contribution in [0.4, 0.5) is 0 Å². The number of aromatic nitrogens is 3. The van der Waals surface area contributed by atoms with E-state index < -0.39 is 0 Å². The maximum absolute atomic E-state index is 13.2. The second-order valence-electron chi connectivity index (χ2n) is 8.58. The second-order valence-corrected chi connectivity index (χ2v) is 9.02. The van der Waals surface area contributed by atoms with Gasteiger partial charge in [0.15, 0.2) is 5.69 Å². The summed E-state index contributed by atoms with van der Waals surface area (Å²) in [5.41, 5.74) is 2.84. The minimum absolute atomic E-state index is 0.0178. The molecule has 9 nitrogen and oxygen atoms in total. The maximum Gasteiger partial charge on any atom is 0.276 e. The van der Waals surface area contributed by atoms with E-state index in [1.807, 2.05) is 48.5 Å². The average Bonchev–Trinajstić information content (AvgIpc) is 3.32. The highest BCUT2D eigenvalue weighted by Crippen LogP contribution is 2.28. The molecule has 2 amide bonds. The van der Waals surface area contributed by atoms with E-state index in [2.05, 4.69) is 10.3 Å². The van der Waals surface area contributed by atoms with Crippen LogP contribution in [0.1, 0.15) is 33.4 Å². The predicted octanol–water partition coefficient (Wildman–Crippen LogP) is 2.74. The van der Waals surface area contributed by atoms with Gasteiger partial charge in [-0.3, -0.25) is 9.59 Å². The van der Waals surface area contributed by atoms with E-state index in [9.17, 15) is 9.59 Å². The van der Waals surface area contributed by atoms with Gasteiger partial charge in [0.2, 0.25) is 5.91 Å². The molecular weight excluding hydrogens is 470 g/mol. The van der Waals surface area contributed by atoms with Gasteiger partial charge in [0.05, 0.1) is 32.4 Å². The van der Waals surface area contributed by atoms with E-state index >= 15 is 0 Å². The fraction of sp³-hybridized carbons (Fsp3) is 0.360. The van der Waals surface area contributed by atoms with Gasteiger partial charge in [-0.1, -0.05) is 47.1 Å². The smallest absolute Gasteiger partial charge is 0.276 e. The molecule has 0 N–H and O–H groups in total. The van der Waals surface area contributed by atoms with Crippen molar-refractivity contribution < 1.29 is 19.1 Å². The minimum Gasteiger partial charge on any atom is -0.496 e. The summed E-state index contributed by atoms with van der Waals surface area (Å²) in [6, 6.07) is 15.0. The minimum atomic E-state index is -0.184. The molecule has 1 atom stereocenters. The van der Waals surface area contributed by atoms with Crippen molar-refractivity contribution in [3.63, 3.8) is 0 Å². The van der Waals surface area contributed by atoms with Crippen molar-refractivity contribution >= 4 is 23.4 Å². The van der Waals surface area contributed by atoms with Crippen LogP contribution in [0.25, 0.3) is 0 Å². The zero-order chi connectivity index (χ0) is 24.4. The SMILES string of the molecule is COc1ccccc1CC(=O)N1CCN(C(=O)c2nnn3c2COC(c2ccc(Cl)cc2)C3)CC1. The number of carbonyl (C=O) groups is 2.